The molecule has 10 nitrogen and oxygen atoms in total. The van der Waals surface area contributed by atoms with E-state index in [9.17, 15) is 30.0 Å². The van der Waals surface area contributed by atoms with Gasteiger partial charge in [-0.25, -0.2) is 0 Å². The standard InChI is InChI=1S/C31H55NO9/c1-15-14-31(7,38)29(36)18(4)27(40-23-13-22(32(8)9)26(35)20(6)39-23)19(5)30(37)41-28(21-11-10-12-21)17(3)25(34)16(2)24(15)33/h15-23,25-29,34-36,38H,10-14H2,1-9H3/t15-,16+,17-,18+,19-,20-,22?,23+,25-,26?,27+,28?,29-,31-/m1/s1. The molecule has 3 unspecified atom stereocenters. The van der Waals surface area contributed by atoms with E-state index in [1.807, 2.05) is 25.9 Å². The third kappa shape index (κ3) is 7.51. The molecule has 41 heavy (non-hydrogen) atoms. The van der Waals surface area contributed by atoms with E-state index in [0.717, 1.165) is 19.3 Å². The number of nitrogens with zero attached hydrogens (tertiary/aromatic N) is 1. The first-order valence-electron chi connectivity index (χ1n) is 15.5. The third-order valence-corrected chi connectivity index (χ3v) is 10.3. The van der Waals surface area contributed by atoms with Crippen LogP contribution in [0, 0.1) is 35.5 Å². The van der Waals surface area contributed by atoms with Gasteiger partial charge in [-0.2, -0.15) is 0 Å². The zero-order valence-electron chi connectivity index (χ0n) is 26.4. The molecule has 3 rings (SSSR count). The van der Waals surface area contributed by atoms with Crippen molar-refractivity contribution in [1.29, 1.82) is 0 Å². The topological polar surface area (TPSA) is 146 Å². The van der Waals surface area contributed by atoms with Crippen molar-refractivity contribution >= 4 is 11.8 Å². The maximum Gasteiger partial charge on any atom is 0.311 e. The van der Waals surface area contributed by atoms with Gasteiger partial charge in [-0.05, 0) is 60.0 Å². The van der Waals surface area contributed by atoms with Gasteiger partial charge in [-0.3, -0.25) is 9.59 Å². The van der Waals surface area contributed by atoms with Gasteiger partial charge in [0.1, 0.15) is 11.9 Å². The molecule has 2 heterocycles. The van der Waals surface area contributed by atoms with Crippen LogP contribution in [0.3, 0.4) is 0 Å². The molecule has 10 heteroatoms. The summed E-state index contributed by atoms with van der Waals surface area (Å²) >= 11 is 0. The first-order chi connectivity index (χ1) is 19.0. The highest BCUT2D eigenvalue weighted by Crippen LogP contribution is 2.40. The average Bonchev–Trinajstić information content (AvgIpc) is 2.88. The smallest absolute Gasteiger partial charge is 0.311 e. The lowest BCUT2D eigenvalue weighted by molar-refractivity contribution is -0.268. The number of carbonyl (C=O) groups excluding carboxylic acids is 2. The second kappa shape index (κ2) is 13.7. The molecule has 1 saturated carbocycles. The summed E-state index contributed by atoms with van der Waals surface area (Å²) < 4.78 is 18.6. The Bertz CT molecular complexity index is 893. The van der Waals surface area contributed by atoms with E-state index in [-0.39, 0.29) is 24.2 Å². The number of Topliss-reactive ketones (excluding diaryl/α,β-unsaturated/α-hetero) is 1. The highest BCUT2D eigenvalue weighted by molar-refractivity contribution is 5.83. The Morgan fingerprint density at radius 2 is 1.54 bits per heavy atom. The maximum absolute atomic E-state index is 13.8. The molecule has 0 aromatic rings. The van der Waals surface area contributed by atoms with Crippen LogP contribution >= 0.6 is 0 Å². The number of hydrogen-bond acceptors (Lipinski definition) is 10. The monoisotopic (exact) mass is 585 g/mol. The first kappa shape index (κ1) is 34.4. The van der Waals surface area contributed by atoms with Crippen molar-refractivity contribution in [3.8, 4) is 0 Å². The van der Waals surface area contributed by atoms with E-state index >= 15 is 0 Å². The van der Waals surface area contributed by atoms with Gasteiger partial charge in [0.25, 0.3) is 0 Å². The van der Waals surface area contributed by atoms with Crippen molar-refractivity contribution in [3.05, 3.63) is 0 Å². The minimum absolute atomic E-state index is 0.0216. The molecule has 14 atom stereocenters. The Balaban J connectivity index is 1.99. The molecule has 3 fully saturated rings. The number of rotatable bonds is 4. The summed E-state index contributed by atoms with van der Waals surface area (Å²) in [6, 6.07) is -0.243. The predicted molar refractivity (Wildman–Crippen MR) is 153 cm³/mol. The number of esters is 1. The quantitative estimate of drug-likeness (QED) is 0.362. The Morgan fingerprint density at radius 3 is 2.07 bits per heavy atom. The first-order valence-corrected chi connectivity index (χ1v) is 15.5. The fourth-order valence-corrected chi connectivity index (χ4v) is 7.13. The van der Waals surface area contributed by atoms with Crippen molar-refractivity contribution in [2.45, 2.75) is 135 Å². The molecule has 0 aromatic heterocycles. The summed E-state index contributed by atoms with van der Waals surface area (Å²) in [5.74, 6) is -4.06. The number of carbonyl (C=O) groups is 2. The van der Waals surface area contributed by atoms with Gasteiger partial charge in [-0.1, -0.05) is 34.1 Å². The number of hydrogen-bond donors (Lipinski definition) is 4. The second-order valence-electron chi connectivity index (χ2n) is 13.8. The van der Waals surface area contributed by atoms with Gasteiger partial charge < -0.3 is 39.5 Å². The molecule has 1 aliphatic carbocycles. The summed E-state index contributed by atoms with van der Waals surface area (Å²) in [6.45, 7) is 11.9. The summed E-state index contributed by atoms with van der Waals surface area (Å²) in [4.78, 5) is 29.0. The van der Waals surface area contributed by atoms with E-state index in [1.165, 1.54) is 6.92 Å². The van der Waals surface area contributed by atoms with Gasteiger partial charge in [0.15, 0.2) is 6.29 Å². The Hall–Kier alpha value is -1.14. The van der Waals surface area contributed by atoms with Crippen molar-refractivity contribution < 1.29 is 44.2 Å². The summed E-state index contributed by atoms with van der Waals surface area (Å²) in [5, 5.41) is 44.8. The third-order valence-electron chi connectivity index (χ3n) is 10.3. The largest absolute Gasteiger partial charge is 0.461 e. The molecule has 2 saturated heterocycles. The molecule has 4 N–H and O–H groups in total. The number of aliphatic hydroxyl groups is 4. The molecule has 0 aromatic carbocycles. The van der Waals surface area contributed by atoms with Crippen molar-refractivity contribution in [2.24, 2.45) is 35.5 Å². The zero-order valence-corrected chi connectivity index (χ0v) is 26.4. The second-order valence-corrected chi connectivity index (χ2v) is 13.8. The molecule has 3 aliphatic rings. The highest BCUT2D eigenvalue weighted by atomic mass is 16.7. The van der Waals surface area contributed by atoms with Crippen molar-refractivity contribution in [3.63, 3.8) is 0 Å². The lowest BCUT2D eigenvalue weighted by Crippen LogP contribution is -2.56. The summed E-state index contributed by atoms with van der Waals surface area (Å²) in [5.41, 5.74) is -1.68. The van der Waals surface area contributed by atoms with Crippen LogP contribution in [0.5, 0.6) is 0 Å². The van der Waals surface area contributed by atoms with Crippen LogP contribution in [-0.2, 0) is 23.8 Å². The Labute approximate surface area is 245 Å². The molecule has 0 spiro atoms. The predicted octanol–water partition coefficient (Wildman–Crippen LogP) is 2.14. The Morgan fingerprint density at radius 1 is 0.927 bits per heavy atom. The van der Waals surface area contributed by atoms with E-state index in [1.54, 1.807) is 34.6 Å². The van der Waals surface area contributed by atoms with Crippen LogP contribution in [0.15, 0.2) is 0 Å². The summed E-state index contributed by atoms with van der Waals surface area (Å²) in [6.07, 6.45) is -2.79. The van der Waals surface area contributed by atoms with E-state index in [0.29, 0.717) is 6.42 Å². The molecular formula is C31H55NO9. The highest BCUT2D eigenvalue weighted by Gasteiger charge is 2.48. The lowest BCUT2D eigenvalue weighted by atomic mass is 9.71. The van der Waals surface area contributed by atoms with Crippen LogP contribution < -0.4 is 0 Å². The van der Waals surface area contributed by atoms with E-state index < -0.39 is 84.1 Å². The van der Waals surface area contributed by atoms with Gasteiger partial charge >= 0.3 is 5.97 Å². The lowest BCUT2D eigenvalue weighted by Gasteiger charge is -2.45. The van der Waals surface area contributed by atoms with Crippen LogP contribution in [0.4, 0.5) is 0 Å². The molecular weight excluding hydrogens is 530 g/mol. The van der Waals surface area contributed by atoms with Gasteiger partial charge in [0.05, 0.1) is 42.0 Å². The van der Waals surface area contributed by atoms with Gasteiger partial charge in [0, 0.05) is 36.1 Å². The number of cyclic esters (lactones) is 1. The van der Waals surface area contributed by atoms with Crippen molar-refractivity contribution in [1.82, 2.24) is 4.90 Å². The fraction of sp³-hybridized carbons (Fsp3) is 0.935. The normalized spacial score (nSPS) is 47.9. The van der Waals surface area contributed by atoms with Crippen LogP contribution in [0.1, 0.15) is 80.6 Å². The molecule has 0 amide bonds. The number of ketones is 1. The van der Waals surface area contributed by atoms with Crippen LogP contribution in [-0.4, -0.2) is 106 Å². The molecule has 0 radical (unpaired) electrons. The SMILES string of the molecule is C[C@H]1[C@H](O[C@H]2CC(N(C)C)C(O)[C@@H](C)O2)[C@@H](C)C(=O)OC(C2CCC2)[C@H](C)[C@H](O)[C@@H](C)C(=O)[C@H](C)C[C@@](C)(O)[C@@H]1O. The number of ether oxygens (including phenoxy) is 3. The summed E-state index contributed by atoms with van der Waals surface area (Å²) in [7, 11) is 3.74. The average molecular weight is 586 g/mol. The molecule has 2 aliphatic heterocycles. The number of aliphatic hydroxyl groups excluding tert-OH is 3. The minimum Gasteiger partial charge on any atom is -0.461 e. The molecule has 238 valence electrons. The fourth-order valence-electron chi connectivity index (χ4n) is 7.13. The molecule has 0 bridgehead atoms. The van der Waals surface area contributed by atoms with Crippen molar-refractivity contribution in [2.75, 3.05) is 14.1 Å². The van der Waals surface area contributed by atoms with Gasteiger partial charge in [0.2, 0.25) is 0 Å². The zero-order chi connectivity index (χ0) is 31.0. The van der Waals surface area contributed by atoms with E-state index in [2.05, 4.69) is 0 Å². The minimum atomic E-state index is -1.68. The maximum atomic E-state index is 13.8. The Kier molecular flexibility index (Phi) is 11.4. The number of likely N-dealkylation sites (N-methyl/N-ethyl adjacent to an activating group) is 1. The van der Waals surface area contributed by atoms with E-state index in [4.69, 9.17) is 14.2 Å². The van der Waals surface area contributed by atoms with Crippen LogP contribution in [0.2, 0.25) is 0 Å². The van der Waals surface area contributed by atoms with Gasteiger partial charge in [-0.15, -0.1) is 0 Å². The van der Waals surface area contributed by atoms with Crippen LogP contribution in [0.25, 0.3) is 0 Å².